The third-order valence-corrected chi connectivity index (χ3v) is 5.71. The maximum atomic E-state index is 5.66. The Morgan fingerprint density at radius 3 is 2.64 bits per heavy atom. The predicted octanol–water partition coefficient (Wildman–Crippen LogP) is 3.57. The molecular formula is C24H29N7O2. The summed E-state index contributed by atoms with van der Waals surface area (Å²) in [7, 11) is 5.27. The smallest absolute Gasteiger partial charge is 0.163 e. The molecule has 0 aliphatic rings. The van der Waals surface area contributed by atoms with E-state index in [0.29, 0.717) is 24.6 Å². The molecular weight excluding hydrogens is 418 g/mol. The van der Waals surface area contributed by atoms with E-state index < -0.39 is 0 Å². The van der Waals surface area contributed by atoms with Crippen LogP contribution in [0.15, 0.2) is 36.9 Å². The third-order valence-electron chi connectivity index (χ3n) is 5.71. The van der Waals surface area contributed by atoms with Gasteiger partial charge < -0.3 is 19.4 Å². The van der Waals surface area contributed by atoms with Gasteiger partial charge in [-0.05, 0) is 32.4 Å². The van der Waals surface area contributed by atoms with E-state index in [1.165, 1.54) is 0 Å². The van der Waals surface area contributed by atoms with Crippen LogP contribution in [0.4, 0.5) is 5.82 Å². The highest BCUT2D eigenvalue weighted by Crippen LogP contribution is 2.28. The van der Waals surface area contributed by atoms with Crippen LogP contribution in [-0.2, 0) is 18.2 Å². The number of hydrogen-bond acceptors (Lipinski definition) is 8. The number of nitrogens with one attached hydrogen (secondary N) is 1. The second-order valence-electron chi connectivity index (χ2n) is 8.62. The predicted molar refractivity (Wildman–Crippen MR) is 127 cm³/mol. The summed E-state index contributed by atoms with van der Waals surface area (Å²) in [5, 5.41) is 12.5. The molecule has 4 aromatic rings. The number of aromatic nitrogens is 6. The number of anilines is 1. The monoisotopic (exact) mass is 447 g/mol. The van der Waals surface area contributed by atoms with Gasteiger partial charge in [-0.2, -0.15) is 0 Å². The van der Waals surface area contributed by atoms with Gasteiger partial charge in [0, 0.05) is 56.0 Å². The number of benzene rings is 1. The van der Waals surface area contributed by atoms with E-state index in [-0.39, 0.29) is 5.60 Å². The summed E-state index contributed by atoms with van der Waals surface area (Å²) in [6, 6.07) is 5.99. The minimum Gasteiger partial charge on any atom is -0.496 e. The summed E-state index contributed by atoms with van der Waals surface area (Å²) >= 11 is 0. The highest BCUT2D eigenvalue weighted by Gasteiger charge is 2.18. The van der Waals surface area contributed by atoms with Gasteiger partial charge in [-0.1, -0.05) is 12.1 Å². The molecule has 0 bridgehead atoms. The number of fused-ring (bicyclic) bond motifs is 1. The molecule has 0 amide bonds. The molecule has 1 N–H and O–H groups in total. The van der Waals surface area contributed by atoms with Gasteiger partial charge in [0.05, 0.1) is 12.7 Å². The third kappa shape index (κ3) is 4.78. The summed E-state index contributed by atoms with van der Waals surface area (Å²) in [5.74, 6) is 2.93. The van der Waals surface area contributed by atoms with Gasteiger partial charge in [0.2, 0.25) is 0 Å². The lowest BCUT2D eigenvalue weighted by Gasteiger charge is -2.23. The Bertz CT molecular complexity index is 1280. The first-order chi connectivity index (χ1) is 15.8. The SMILES string of the molecule is COc1cc(-c2nncn2C)ccc1Cc1ncc2c(C)cnc(NCC(C)(C)OC)c2n1. The molecule has 0 aliphatic heterocycles. The quantitative estimate of drug-likeness (QED) is 0.438. The maximum Gasteiger partial charge on any atom is 0.163 e. The maximum absolute atomic E-state index is 5.66. The van der Waals surface area contributed by atoms with Crippen molar-refractivity contribution in [3.63, 3.8) is 0 Å². The van der Waals surface area contributed by atoms with Gasteiger partial charge in [0.1, 0.15) is 23.4 Å². The molecule has 4 rings (SSSR count). The molecule has 172 valence electrons. The van der Waals surface area contributed by atoms with E-state index >= 15 is 0 Å². The van der Waals surface area contributed by atoms with Crippen LogP contribution in [0, 0.1) is 6.92 Å². The van der Waals surface area contributed by atoms with Gasteiger partial charge in [-0.15, -0.1) is 10.2 Å². The molecule has 0 saturated carbocycles. The van der Waals surface area contributed by atoms with Crippen molar-refractivity contribution in [2.75, 3.05) is 26.1 Å². The van der Waals surface area contributed by atoms with E-state index in [1.54, 1.807) is 20.5 Å². The van der Waals surface area contributed by atoms with Crippen LogP contribution < -0.4 is 10.1 Å². The van der Waals surface area contributed by atoms with Crippen LogP contribution in [0.1, 0.15) is 30.8 Å². The number of hydrogen-bond donors (Lipinski definition) is 1. The largest absolute Gasteiger partial charge is 0.496 e. The molecule has 3 heterocycles. The van der Waals surface area contributed by atoms with E-state index in [0.717, 1.165) is 39.2 Å². The Kier molecular flexibility index (Phi) is 6.24. The lowest BCUT2D eigenvalue weighted by atomic mass is 10.1. The van der Waals surface area contributed by atoms with Gasteiger partial charge in [-0.25, -0.2) is 15.0 Å². The highest BCUT2D eigenvalue weighted by molar-refractivity contribution is 5.89. The normalized spacial score (nSPS) is 11.7. The number of ether oxygens (including phenoxy) is 2. The Labute approximate surface area is 193 Å². The molecule has 0 radical (unpaired) electrons. The first-order valence-corrected chi connectivity index (χ1v) is 10.7. The van der Waals surface area contributed by atoms with Crippen LogP contribution in [0.5, 0.6) is 5.75 Å². The Morgan fingerprint density at radius 2 is 1.94 bits per heavy atom. The van der Waals surface area contributed by atoms with Crippen LogP contribution in [0.25, 0.3) is 22.3 Å². The van der Waals surface area contributed by atoms with Gasteiger partial charge >= 0.3 is 0 Å². The zero-order valence-corrected chi connectivity index (χ0v) is 19.9. The number of pyridine rings is 1. The summed E-state index contributed by atoms with van der Waals surface area (Å²) in [6.45, 7) is 6.66. The Morgan fingerprint density at radius 1 is 1.12 bits per heavy atom. The van der Waals surface area contributed by atoms with Crippen molar-refractivity contribution < 1.29 is 9.47 Å². The average molecular weight is 448 g/mol. The molecule has 9 nitrogen and oxygen atoms in total. The first kappa shape index (κ1) is 22.6. The second-order valence-corrected chi connectivity index (χ2v) is 8.62. The molecule has 0 spiro atoms. The molecule has 1 aromatic carbocycles. The van der Waals surface area contributed by atoms with Gasteiger partial charge in [0.25, 0.3) is 0 Å². The summed E-state index contributed by atoms with van der Waals surface area (Å²) in [4.78, 5) is 14.1. The summed E-state index contributed by atoms with van der Waals surface area (Å²) in [5.41, 5.74) is 3.41. The average Bonchev–Trinajstić information content (AvgIpc) is 3.24. The Balaban J connectivity index is 1.66. The standard InChI is InChI=1S/C24H29N7O2/c1-15-11-26-22(27-13-24(2,3)33-6)21-18(15)12-25-20(29-21)10-16-7-8-17(9-19(16)32-5)23-30-28-14-31(23)4/h7-9,11-12,14H,10,13H2,1-6H3,(H,26,27). The first-order valence-electron chi connectivity index (χ1n) is 10.7. The van der Waals surface area contributed by atoms with Crippen LogP contribution in [0.2, 0.25) is 0 Å². The van der Waals surface area contributed by atoms with Crippen molar-refractivity contribution in [1.29, 1.82) is 0 Å². The van der Waals surface area contributed by atoms with Crippen molar-refractivity contribution in [3.05, 3.63) is 53.9 Å². The van der Waals surface area contributed by atoms with Crippen molar-refractivity contribution >= 4 is 16.7 Å². The van der Waals surface area contributed by atoms with Crippen molar-refractivity contribution in [2.45, 2.75) is 32.8 Å². The second kappa shape index (κ2) is 9.11. The van der Waals surface area contributed by atoms with Crippen molar-refractivity contribution in [2.24, 2.45) is 7.05 Å². The number of rotatable bonds is 8. The zero-order valence-electron chi connectivity index (χ0n) is 19.9. The molecule has 9 heteroatoms. The summed E-state index contributed by atoms with van der Waals surface area (Å²) in [6.07, 6.45) is 5.90. The lowest BCUT2D eigenvalue weighted by Crippen LogP contribution is -2.32. The molecule has 33 heavy (non-hydrogen) atoms. The van der Waals surface area contributed by atoms with Crippen LogP contribution in [0.3, 0.4) is 0 Å². The van der Waals surface area contributed by atoms with Gasteiger partial charge in [0.15, 0.2) is 11.6 Å². The van der Waals surface area contributed by atoms with E-state index in [4.69, 9.17) is 14.5 Å². The Hall–Kier alpha value is -3.59. The molecule has 0 saturated heterocycles. The molecule has 0 fully saturated rings. The van der Waals surface area contributed by atoms with E-state index in [2.05, 4.69) is 25.5 Å². The molecule has 0 aliphatic carbocycles. The lowest BCUT2D eigenvalue weighted by molar-refractivity contribution is 0.0343. The molecule has 0 atom stereocenters. The van der Waals surface area contributed by atoms with Crippen LogP contribution >= 0.6 is 0 Å². The molecule has 3 aromatic heterocycles. The van der Waals surface area contributed by atoms with Crippen LogP contribution in [-0.4, -0.2) is 56.1 Å². The van der Waals surface area contributed by atoms with E-state index in [1.807, 2.05) is 63.0 Å². The minimum atomic E-state index is -0.327. The zero-order chi connectivity index (χ0) is 23.6. The van der Waals surface area contributed by atoms with Crippen molar-refractivity contribution in [1.82, 2.24) is 29.7 Å². The van der Waals surface area contributed by atoms with Gasteiger partial charge in [-0.3, -0.25) is 0 Å². The minimum absolute atomic E-state index is 0.327. The molecule has 0 unspecified atom stereocenters. The fourth-order valence-electron chi connectivity index (χ4n) is 3.51. The van der Waals surface area contributed by atoms with E-state index in [9.17, 15) is 0 Å². The summed E-state index contributed by atoms with van der Waals surface area (Å²) < 4.78 is 13.1. The number of nitrogens with zero attached hydrogens (tertiary/aromatic N) is 6. The fraction of sp³-hybridized carbons (Fsp3) is 0.375. The fourth-order valence-corrected chi connectivity index (χ4v) is 3.51. The van der Waals surface area contributed by atoms with Crippen molar-refractivity contribution in [3.8, 4) is 17.1 Å². The topological polar surface area (TPSA) is 99.9 Å². The number of aryl methyl sites for hydroxylation is 2. The highest BCUT2D eigenvalue weighted by atomic mass is 16.5. The number of methoxy groups -OCH3 is 2.